The Bertz CT molecular complexity index is 1120. The Labute approximate surface area is 210 Å². The molecule has 0 aliphatic carbocycles. The molecule has 10 heteroatoms. The third-order valence-electron chi connectivity index (χ3n) is 6.21. The average Bonchev–Trinajstić information content (AvgIpc) is 3.24. The van der Waals surface area contributed by atoms with E-state index >= 15 is 0 Å². The van der Waals surface area contributed by atoms with Gasteiger partial charge in [0, 0.05) is 18.6 Å². The molecule has 2 unspecified atom stereocenters. The molecule has 2 aliphatic rings. The molecule has 1 spiro atoms. The fourth-order valence-corrected chi connectivity index (χ4v) is 7.91. The van der Waals surface area contributed by atoms with E-state index in [2.05, 4.69) is 28.6 Å². The topological polar surface area (TPSA) is 63.2 Å². The SMILES string of the molecule is CNCCC1CPc2ccc(C)cc2[C@@]12SC(c1cc(F)ccc1F)=NN2C(=O)COCCOC. The second kappa shape index (κ2) is 11.4. The molecule has 6 nitrogen and oxygen atoms in total. The molecule has 3 atom stereocenters. The maximum absolute atomic E-state index is 14.8. The first kappa shape index (κ1) is 26.2. The van der Waals surface area contributed by atoms with Crippen LogP contribution in [-0.2, 0) is 19.1 Å². The minimum Gasteiger partial charge on any atom is -0.382 e. The number of aryl methyl sites for hydroxylation is 1. The van der Waals surface area contributed by atoms with E-state index in [1.807, 2.05) is 14.0 Å². The van der Waals surface area contributed by atoms with Crippen LogP contribution in [0.2, 0.25) is 0 Å². The summed E-state index contributed by atoms with van der Waals surface area (Å²) < 4.78 is 39.5. The summed E-state index contributed by atoms with van der Waals surface area (Å²) in [6, 6.07) is 9.60. The van der Waals surface area contributed by atoms with E-state index in [-0.39, 0.29) is 30.6 Å². The van der Waals surface area contributed by atoms with Gasteiger partial charge in [0.2, 0.25) is 0 Å². The van der Waals surface area contributed by atoms with Crippen LogP contribution in [0.5, 0.6) is 0 Å². The first-order valence-corrected chi connectivity index (χ1v) is 13.6. The maximum Gasteiger partial charge on any atom is 0.270 e. The Hall–Kier alpha value is -1.90. The van der Waals surface area contributed by atoms with Gasteiger partial charge in [-0.15, -0.1) is 0 Å². The normalized spacial score (nSPS) is 22.0. The van der Waals surface area contributed by atoms with E-state index in [4.69, 9.17) is 9.47 Å². The lowest BCUT2D eigenvalue weighted by Crippen LogP contribution is -2.53. The Morgan fingerprint density at radius 3 is 2.89 bits per heavy atom. The molecule has 0 aromatic heterocycles. The lowest BCUT2D eigenvalue weighted by atomic mass is 9.88. The smallest absolute Gasteiger partial charge is 0.270 e. The van der Waals surface area contributed by atoms with Gasteiger partial charge in [0.25, 0.3) is 5.91 Å². The molecule has 4 rings (SSSR count). The van der Waals surface area contributed by atoms with Gasteiger partial charge < -0.3 is 14.8 Å². The summed E-state index contributed by atoms with van der Waals surface area (Å²) in [5, 5.41) is 10.8. The van der Waals surface area contributed by atoms with E-state index in [1.54, 1.807) is 7.11 Å². The lowest BCUT2D eigenvalue weighted by molar-refractivity contribution is -0.141. The average molecular weight is 522 g/mol. The molecule has 2 aliphatic heterocycles. The van der Waals surface area contributed by atoms with Gasteiger partial charge >= 0.3 is 0 Å². The van der Waals surface area contributed by atoms with E-state index < -0.39 is 16.5 Å². The van der Waals surface area contributed by atoms with Crippen molar-refractivity contribution in [1.82, 2.24) is 10.3 Å². The summed E-state index contributed by atoms with van der Waals surface area (Å²) in [6.45, 7) is 3.22. The molecule has 188 valence electrons. The summed E-state index contributed by atoms with van der Waals surface area (Å²) in [5.74, 6) is -1.41. The van der Waals surface area contributed by atoms with Crippen LogP contribution in [0.3, 0.4) is 0 Å². The molecule has 2 aromatic rings. The molecule has 0 bridgehead atoms. The van der Waals surface area contributed by atoms with Crippen LogP contribution in [0.15, 0.2) is 41.5 Å². The molecular weight excluding hydrogens is 491 g/mol. The molecular formula is C25H30F2N3O3PS. The molecule has 2 aromatic carbocycles. The fourth-order valence-electron chi connectivity index (χ4n) is 4.49. The number of rotatable bonds is 9. The highest BCUT2D eigenvalue weighted by Gasteiger charge is 2.56. The van der Waals surface area contributed by atoms with Crippen LogP contribution in [-0.4, -0.2) is 62.6 Å². The van der Waals surface area contributed by atoms with Gasteiger partial charge in [0.1, 0.15) is 28.2 Å². The quantitative estimate of drug-likeness (QED) is 0.404. The predicted molar refractivity (Wildman–Crippen MR) is 138 cm³/mol. The van der Waals surface area contributed by atoms with Gasteiger partial charge in [-0.05, 0) is 62.2 Å². The number of hydrogen-bond acceptors (Lipinski definition) is 6. The Kier molecular flexibility index (Phi) is 8.55. The van der Waals surface area contributed by atoms with Crippen LogP contribution in [0.4, 0.5) is 8.78 Å². The summed E-state index contributed by atoms with van der Waals surface area (Å²) in [6.07, 6.45) is 1.67. The zero-order chi connectivity index (χ0) is 25.0. The molecule has 0 radical (unpaired) electrons. The Morgan fingerprint density at radius 1 is 1.29 bits per heavy atom. The van der Waals surface area contributed by atoms with Crippen molar-refractivity contribution in [1.29, 1.82) is 0 Å². The van der Waals surface area contributed by atoms with E-state index in [9.17, 15) is 13.6 Å². The van der Waals surface area contributed by atoms with Crippen molar-refractivity contribution < 1.29 is 23.0 Å². The summed E-state index contributed by atoms with van der Waals surface area (Å²) in [4.78, 5) is 12.7. The van der Waals surface area contributed by atoms with E-state index in [0.29, 0.717) is 20.2 Å². The van der Waals surface area contributed by atoms with Gasteiger partial charge in [-0.3, -0.25) is 4.79 Å². The number of nitrogens with one attached hydrogen (secondary N) is 1. The number of thioether (sulfide) groups is 1. The van der Waals surface area contributed by atoms with Crippen LogP contribution < -0.4 is 10.6 Å². The number of methoxy groups -OCH3 is 1. The first-order chi connectivity index (χ1) is 16.9. The number of hydrogen-bond donors (Lipinski definition) is 1. The van der Waals surface area contributed by atoms with Crippen molar-refractivity contribution in [3.63, 3.8) is 0 Å². The van der Waals surface area contributed by atoms with Gasteiger partial charge in [0.15, 0.2) is 0 Å². The van der Waals surface area contributed by atoms with Crippen LogP contribution in [0.25, 0.3) is 0 Å². The summed E-state index contributed by atoms with van der Waals surface area (Å²) in [7, 11) is 4.05. The predicted octanol–water partition coefficient (Wildman–Crippen LogP) is 3.57. The number of halogens is 2. The molecule has 2 heterocycles. The molecule has 0 saturated heterocycles. The number of fused-ring (bicyclic) bond motifs is 2. The van der Waals surface area contributed by atoms with Crippen LogP contribution in [0, 0.1) is 24.5 Å². The second-order valence-electron chi connectivity index (χ2n) is 8.60. The number of nitrogens with zero attached hydrogens (tertiary/aromatic N) is 2. The molecule has 35 heavy (non-hydrogen) atoms. The number of carbonyl (C=O) groups excluding carboxylic acids is 1. The second-order valence-corrected chi connectivity index (χ2v) is 11.1. The first-order valence-electron chi connectivity index (χ1n) is 11.5. The minimum absolute atomic E-state index is 0.0494. The zero-order valence-electron chi connectivity index (χ0n) is 20.1. The van der Waals surface area contributed by atoms with Crippen molar-refractivity contribution >= 4 is 36.6 Å². The highest BCUT2D eigenvalue weighted by atomic mass is 32.2. The summed E-state index contributed by atoms with van der Waals surface area (Å²) >= 11 is 1.34. The third-order valence-corrected chi connectivity index (χ3v) is 9.25. The fraction of sp³-hybridized carbons (Fsp3) is 0.440. The number of carbonyl (C=O) groups is 1. The van der Waals surface area contributed by atoms with Gasteiger partial charge in [-0.1, -0.05) is 44.1 Å². The van der Waals surface area contributed by atoms with Crippen molar-refractivity contribution in [3.8, 4) is 0 Å². The van der Waals surface area contributed by atoms with Gasteiger partial charge in [0.05, 0.1) is 13.2 Å². The maximum atomic E-state index is 14.8. The Morgan fingerprint density at radius 2 is 2.11 bits per heavy atom. The summed E-state index contributed by atoms with van der Waals surface area (Å²) in [5.41, 5.74) is 2.13. The van der Waals surface area contributed by atoms with Gasteiger partial charge in [-0.25, -0.2) is 13.8 Å². The standard InChI is InChI=1S/C25H30F2N3O3PS/c1-16-4-7-22-20(12-16)25(17(15-34-22)8-9-28-2)30(23(31)14-33-11-10-32-3)29-24(35-25)19-13-18(26)5-6-21(19)27/h4-7,12-13,17,28,34H,8-11,14-15H2,1-3H3/t17?,25-/m0/s1. The minimum atomic E-state index is -0.876. The molecule has 0 fully saturated rings. The van der Waals surface area contributed by atoms with E-state index in [0.717, 1.165) is 53.8 Å². The van der Waals surface area contributed by atoms with Crippen molar-refractivity contribution in [2.75, 3.05) is 46.7 Å². The zero-order valence-corrected chi connectivity index (χ0v) is 21.9. The number of ether oxygens (including phenoxy) is 2. The number of amides is 1. The van der Waals surface area contributed by atoms with E-state index in [1.165, 1.54) is 16.8 Å². The van der Waals surface area contributed by atoms with Crippen molar-refractivity contribution in [2.45, 2.75) is 18.2 Å². The lowest BCUT2D eigenvalue weighted by Gasteiger charge is -2.46. The van der Waals surface area contributed by atoms with Crippen molar-refractivity contribution in [2.24, 2.45) is 11.0 Å². The molecule has 0 saturated carbocycles. The third kappa shape index (κ3) is 5.30. The Balaban J connectivity index is 1.83. The number of benzene rings is 2. The van der Waals surface area contributed by atoms with Gasteiger partial charge in [-0.2, -0.15) is 5.10 Å². The number of hydrazone groups is 1. The largest absolute Gasteiger partial charge is 0.382 e. The van der Waals surface area contributed by atoms with Crippen LogP contribution >= 0.6 is 20.3 Å². The molecule has 1 N–H and O–H groups in total. The van der Waals surface area contributed by atoms with Crippen molar-refractivity contribution in [3.05, 3.63) is 64.7 Å². The highest BCUT2D eigenvalue weighted by molar-refractivity contribution is 8.15. The highest BCUT2D eigenvalue weighted by Crippen LogP contribution is 2.57. The monoisotopic (exact) mass is 521 g/mol. The molecule has 1 amide bonds. The van der Waals surface area contributed by atoms with Crippen LogP contribution in [0.1, 0.15) is 23.1 Å².